The molecule has 3 aromatic rings. The number of ether oxygens (including phenoxy) is 2. The van der Waals surface area contributed by atoms with Gasteiger partial charge in [0.25, 0.3) is 5.91 Å². The zero-order valence-corrected chi connectivity index (χ0v) is 21.8. The summed E-state index contributed by atoms with van der Waals surface area (Å²) in [6.07, 6.45) is 2.16. The third kappa shape index (κ3) is 5.28. The molecule has 11 nitrogen and oxygen atoms in total. The summed E-state index contributed by atoms with van der Waals surface area (Å²) < 4.78 is 89.0. The van der Waals surface area contributed by atoms with Crippen molar-refractivity contribution >= 4 is 33.3 Å². The van der Waals surface area contributed by atoms with Gasteiger partial charge >= 0.3 is 21.6 Å². The molecule has 0 fully saturated rings. The van der Waals surface area contributed by atoms with Gasteiger partial charge in [-0.25, -0.2) is 13.7 Å². The van der Waals surface area contributed by atoms with Gasteiger partial charge in [-0.3, -0.25) is 14.2 Å². The Morgan fingerprint density at radius 2 is 1.87 bits per heavy atom. The first-order valence-corrected chi connectivity index (χ1v) is 13.0. The molecule has 1 aromatic carbocycles. The van der Waals surface area contributed by atoms with Crippen LogP contribution < -0.4 is 15.1 Å². The van der Waals surface area contributed by atoms with Crippen LogP contribution >= 0.6 is 0 Å². The highest BCUT2D eigenvalue weighted by molar-refractivity contribution is 7.90. The Hall–Kier alpha value is -4.08. The van der Waals surface area contributed by atoms with Crippen LogP contribution in [-0.4, -0.2) is 66.9 Å². The molecule has 1 N–H and O–H groups in total. The van der Waals surface area contributed by atoms with Crippen molar-refractivity contribution in [1.82, 2.24) is 19.0 Å². The molecule has 4 rings (SSSR count). The van der Waals surface area contributed by atoms with Crippen LogP contribution in [0.2, 0.25) is 0 Å². The number of sulfonamides is 1. The van der Waals surface area contributed by atoms with Crippen molar-refractivity contribution in [3.63, 3.8) is 0 Å². The minimum absolute atomic E-state index is 0.0217. The molecule has 0 spiro atoms. The number of hydrazone groups is 1. The lowest BCUT2D eigenvalue weighted by Gasteiger charge is -2.32. The van der Waals surface area contributed by atoms with Crippen molar-refractivity contribution in [1.29, 1.82) is 0 Å². The highest BCUT2D eigenvalue weighted by Gasteiger charge is 2.52. The van der Waals surface area contributed by atoms with Gasteiger partial charge in [-0.05, 0) is 30.2 Å². The maximum absolute atomic E-state index is 15.0. The van der Waals surface area contributed by atoms with Gasteiger partial charge < -0.3 is 14.8 Å². The molecule has 1 amide bonds. The van der Waals surface area contributed by atoms with Crippen LogP contribution in [-0.2, 0) is 27.7 Å². The van der Waals surface area contributed by atoms with Gasteiger partial charge in [-0.15, -0.1) is 5.10 Å². The summed E-state index contributed by atoms with van der Waals surface area (Å²) in [6.45, 7) is 0.789. The predicted octanol–water partition coefficient (Wildman–Crippen LogP) is 2.86. The number of imidazole rings is 1. The molecule has 0 saturated carbocycles. The monoisotopic (exact) mass is 572 g/mol. The maximum atomic E-state index is 15.0. The van der Waals surface area contributed by atoms with E-state index < -0.39 is 39.8 Å². The van der Waals surface area contributed by atoms with E-state index in [0.717, 1.165) is 18.2 Å². The molecule has 3 heterocycles. The quantitative estimate of drug-likeness (QED) is 0.433. The lowest BCUT2D eigenvalue weighted by atomic mass is 10.1. The number of amidine groups is 1. The number of hydrogen-bond donors (Lipinski definition) is 1. The molecule has 16 heteroatoms. The average Bonchev–Trinajstić information content (AvgIpc) is 3.28. The first kappa shape index (κ1) is 27.9. The predicted molar refractivity (Wildman–Crippen MR) is 132 cm³/mol. The summed E-state index contributed by atoms with van der Waals surface area (Å²) in [6, 6.07) is 6.48. The highest BCUT2D eigenvalue weighted by atomic mass is 32.2. The lowest BCUT2D eigenvalue weighted by Crippen LogP contribution is -2.51. The Morgan fingerprint density at radius 3 is 2.49 bits per heavy atom. The van der Waals surface area contributed by atoms with E-state index in [2.05, 4.69) is 15.4 Å². The number of carbonyl (C=O) groups is 1. The maximum Gasteiger partial charge on any atom is 0.516 e. The van der Waals surface area contributed by atoms with Crippen LogP contribution in [0.5, 0.6) is 5.75 Å². The van der Waals surface area contributed by atoms with Crippen molar-refractivity contribution in [3.8, 4) is 5.75 Å². The van der Waals surface area contributed by atoms with Gasteiger partial charge in [0.05, 0.1) is 38.7 Å². The topological polar surface area (TPSA) is 118 Å². The molecule has 39 heavy (non-hydrogen) atoms. The van der Waals surface area contributed by atoms with Gasteiger partial charge in [0.2, 0.25) is 0 Å². The summed E-state index contributed by atoms with van der Waals surface area (Å²) in [5.74, 6) is -0.627. The van der Waals surface area contributed by atoms with Crippen molar-refractivity contribution in [2.24, 2.45) is 5.10 Å². The minimum atomic E-state index is -5.74. The third-order valence-electron chi connectivity index (χ3n) is 5.90. The number of aromatic nitrogens is 2. The molecular formula is C23H24F4N6O5S. The minimum Gasteiger partial charge on any atom is -0.497 e. The third-order valence-corrected chi connectivity index (χ3v) is 7.40. The van der Waals surface area contributed by atoms with Crippen LogP contribution in [0.25, 0.3) is 5.65 Å². The van der Waals surface area contributed by atoms with E-state index in [4.69, 9.17) is 9.47 Å². The number of pyridine rings is 1. The Kier molecular flexibility index (Phi) is 7.59. The van der Waals surface area contributed by atoms with E-state index in [1.807, 2.05) is 6.92 Å². The van der Waals surface area contributed by atoms with Crippen LogP contribution in [0.1, 0.15) is 28.7 Å². The number of rotatable bonds is 7. The molecule has 0 bridgehead atoms. The molecule has 0 unspecified atom stereocenters. The SMILES string of the molecule is CCc1nc2cc(OC)ccn2c1C(=O)NCc1ccc(N2CCN(S(=O)(=O)C(F)(F)F)C(OC)=N2)c(F)c1. The van der Waals surface area contributed by atoms with Crippen molar-refractivity contribution in [2.45, 2.75) is 25.4 Å². The van der Waals surface area contributed by atoms with Crippen LogP contribution in [0, 0.1) is 5.82 Å². The summed E-state index contributed by atoms with van der Waals surface area (Å²) >= 11 is 0. The number of alkyl halides is 3. The fraction of sp³-hybridized carbons (Fsp3) is 0.348. The molecule has 1 aliphatic heterocycles. The van der Waals surface area contributed by atoms with Gasteiger partial charge in [0.15, 0.2) is 0 Å². The van der Waals surface area contributed by atoms with Crippen LogP contribution in [0.3, 0.4) is 0 Å². The number of amides is 1. The largest absolute Gasteiger partial charge is 0.516 e. The second-order valence-electron chi connectivity index (χ2n) is 8.26. The van der Waals surface area contributed by atoms with Crippen LogP contribution in [0.4, 0.5) is 23.2 Å². The summed E-state index contributed by atoms with van der Waals surface area (Å²) in [5, 5.41) is 7.47. The number of benzene rings is 1. The van der Waals surface area contributed by atoms with Gasteiger partial charge in [0.1, 0.15) is 22.9 Å². The van der Waals surface area contributed by atoms with Crippen molar-refractivity contribution < 1.29 is 40.2 Å². The second-order valence-corrected chi connectivity index (χ2v) is 10.1. The molecular weight excluding hydrogens is 548 g/mol. The van der Waals surface area contributed by atoms with E-state index in [1.165, 1.54) is 19.2 Å². The first-order valence-electron chi connectivity index (χ1n) is 11.5. The van der Waals surface area contributed by atoms with E-state index in [1.54, 1.807) is 22.7 Å². The van der Waals surface area contributed by atoms with Crippen LogP contribution in [0.15, 0.2) is 41.6 Å². The number of carbonyl (C=O) groups excluding carboxylic acids is 1. The van der Waals surface area contributed by atoms with Crippen molar-refractivity contribution in [2.75, 3.05) is 32.3 Å². The Balaban J connectivity index is 1.51. The molecule has 0 aliphatic carbocycles. The summed E-state index contributed by atoms with van der Waals surface area (Å²) in [5.41, 5.74) is -3.84. The number of halogens is 4. The molecule has 210 valence electrons. The zero-order chi connectivity index (χ0) is 28.5. The lowest BCUT2D eigenvalue weighted by molar-refractivity contribution is -0.0477. The van der Waals surface area contributed by atoms with Gasteiger partial charge in [-0.1, -0.05) is 13.0 Å². The highest BCUT2D eigenvalue weighted by Crippen LogP contribution is 2.30. The molecule has 0 saturated heterocycles. The number of nitrogens with zero attached hydrogens (tertiary/aromatic N) is 5. The average molecular weight is 573 g/mol. The number of nitrogens with one attached hydrogen (secondary N) is 1. The smallest absolute Gasteiger partial charge is 0.497 e. The standard InChI is InChI=1S/C23H24F4N6O5S/c1-4-17-20(31-8-7-15(37-2)12-19(31)29-17)21(34)28-13-14-5-6-18(16(24)11-14)32-9-10-33(22(30-32)38-3)39(35,36)23(25,26)27/h5-8,11-12H,4,9-10,13H2,1-3H3,(H,28,34). The number of anilines is 1. The Morgan fingerprint density at radius 1 is 1.13 bits per heavy atom. The van der Waals surface area contributed by atoms with Crippen molar-refractivity contribution in [3.05, 3.63) is 59.3 Å². The molecule has 1 aliphatic rings. The zero-order valence-electron chi connectivity index (χ0n) is 21.0. The Labute approximate surface area is 220 Å². The molecule has 2 aromatic heterocycles. The van der Waals surface area contributed by atoms with E-state index >= 15 is 0 Å². The number of aryl methyl sites for hydroxylation is 1. The number of methoxy groups -OCH3 is 2. The number of hydrogen-bond acceptors (Lipinski definition) is 8. The summed E-state index contributed by atoms with van der Waals surface area (Å²) in [7, 11) is -3.26. The van der Waals surface area contributed by atoms with E-state index in [0.29, 0.717) is 34.8 Å². The molecule has 0 atom stereocenters. The van der Waals surface area contributed by atoms with Gasteiger partial charge in [-0.2, -0.15) is 21.6 Å². The second kappa shape index (κ2) is 10.6. The van der Waals surface area contributed by atoms with Gasteiger partial charge in [0, 0.05) is 18.8 Å². The van der Waals surface area contributed by atoms with E-state index in [-0.39, 0.29) is 23.1 Å². The normalized spacial score (nSPS) is 14.4. The number of fused-ring (bicyclic) bond motifs is 1. The first-order chi connectivity index (χ1) is 18.4. The molecule has 0 radical (unpaired) electrons. The fourth-order valence-electron chi connectivity index (χ4n) is 3.97. The Bertz CT molecular complexity index is 1540. The fourth-order valence-corrected chi connectivity index (χ4v) is 4.86. The summed E-state index contributed by atoms with van der Waals surface area (Å²) in [4.78, 5) is 17.5. The van der Waals surface area contributed by atoms with E-state index in [9.17, 15) is 30.8 Å².